The number of amides is 1. The lowest BCUT2D eigenvalue weighted by Crippen LogP contribution is -2.69. The molecule has 4 aliphatic rings. The molecule has 6 rings (SSSR count). The summed E-state index contributed by atoms with van der Waals surface area (Å²) in [5.41, 5.74) is 2.11. The fourth-order valence-corrected chi connectivity index (χ4v) is 7.06. The van der Waals surface area contributed by atoms with Gasteiger partial charge in [0.15, 0.2) is 0 Å². The first-order valence-electron chi connectivity index (χ1n) is 10.5. The molecule has 0 radical (unpaired) electrons. The molecule has 1 aromatic heterocycles. The van der Waals surface area contributed by atoms with E-state index in [1.165, 1.54) is 0 Å². The molecule has 5 nitrogen and oxygen atoms in total. The number of hydrogen-bond acceptors (Lipinski definition) is 3. The van der Waals surface area contributed by atoms with E-state index in [1.54, 1.807) is 7.11 Å². The van der Waals surface area contributed by atoms with Gasteiger partial charge in [0.2, 0.25) is 5.91 Å². The molecule has 3 unspecified atom stereocenters. The summed E-state index contributed by atoms with van der Waals surface area (Å²) in [6.07, 6.45) is 7.12. The van der Waals surface area contributed by atoms with Crippen molar-refractivity contribution in [2.45, 2.75) is 69.6 Å². The van der Waals surface area contributed by atoms with Crippen LogP contribution >= 0.6 is 11.6 Å². The first-order valence-corrected chi connectivity index (χ1v) is 10.9. The van der Waals surface area contributed by atoms with Gasteiger partial charge in [0, 0.05) is 36.3 Å². The summed E-state index contributed by atoms with van der Waals surface area (Å²) < 4.78 is 11.4. The molecule has 6 heteroatoms. The van der Waals surface area contributed by atoms with E-state index in [-0.39, 0.29) is 29.5 Å². The van der Waals surface area contributed by atoms with Gasteiger partial charge in [-0.2, -0.15) is 0 Å². The summed E-state index contributed by atoms with van der Waals surface area (Å²) in [5.74, 6) is 0.565. The third-order valence-electron chi connectivity index (χ3n) is 7.73. The number of H-pyrrole nitrogens is 1. The molecular weight excluding hydrogens is 388 g/mol. The van der Waals surface area contributed by atoms with Gasteiger partial charge >= 0.3 is 0 Å². The van der Waals surface area contributed by atoms with Gasteiger partial charge in [-0.15, -0.1) is 0 Å². The zero-order valence-corrected chi connectivity index (χ0v) is 18.3. The zero-order chi connectivity index (χ0) is 20.6. The summed E-state index contributed by atoms with van der Waals surface area (Å²) in [6.45, 7) is 4.37. The van der Waals surface area contributed by atoms with Gasteiger partial charge < -0.3 is 19.4 Å². The average molecular weight is 417 g/mol. The van der Waals surface area contributed by atoms with Crippen molar-refractivity contribution >= 4 is 28.4 Å². The van der Waals surface area contributed by atoms with Crippen LogP contribution in [0.2, 0.25) is 5.02 Å². The average Bonchev–Trinajstić information content (AvgIpc) is 3.11. The Morgan fingerprint density at radius 1 is 1.24 bits per heavy atom. The molecule has 2 aliphatic carbocycles. The molecule has 3 atom stereocenters. The number of halogens is 1. The lowest BCUT2D eigenvalue weighted by molar-refractivity contribution is -0.203. The molecule has 1 aromatic carbocycles. The summed E-state index contributed by atoms with van der Waals surface area (Å²) in [6, 6.07) is 4.34. The Labute approximate surface area is 176 Å². The number of carbonyl (C=O) groups excluding carboxylic acids is 1. The molecule has 29 heavy (non-hydrogen) atoms. The molecule has 2 aromatic rings. The third-order valence-corrected chi connectivity index (χ3v) is 8.11. The molecule has 2 aliphatic heterocycles. The van der Waals surface area contributed by atoms with Gasteiger partial charge in [0.05, 0.1) is 23.7 Å². The van der Waals surface area contributed by atoms with Crippen LogP contribution in [0.15, 0.2) is 18.3 Å². The zero-order valence-electron chi connectivity index (χ0n) is 17.5. The SMILES string of the molecule is COc1ccc2[nH]cc(C(C)C(=O)N3C4CC5(C)CC3CC(OC)(C4)C5)c2c1Cl. The number of nitrogens with zero attached hydrogens (tertiary/aromatic N) is 1. The highest BCUT2D eigenvalue weighted by Gasteiger charge is 2.60. The molecule has 1 N–H and O–H groups in total. The summed E-state index contributed by atoms with van der Waals surface area (Å²) in [4.78, 5) is 19.2. The number of fused-ring (bicyclic) bond motifs is 1. The van der Waals surface area contributed by atoms with Crippen molar-refractivity contribution < 1.29 is 14.3 Å². The maximum atomic E-state index is 13.7. The van der Waals surface area contributed by atoms with Crippen molar-refractivity contribution in [1.29, 1.82) is 0 Å². The van der Waals surface area contributed by atoms with Crippen LogP contribution in [0.5, 0.6) is 5.75 Å². The van der Waals surface area contributed by atoms with Gasteiger partial charge in [0.1, 0.15) is 5.75 Å². The number of nitrogens with one attached hydrogen (secondary N) is 1. The minimum atomic E-state index is -0.266. The van der Waals surface area contributed by atoms with Crippen molar-refractivity contribution in [3.05, 3.63) is 28.9 Å². The number of benzene rings is 1. The lowest BCUT2D eigenvalue weighted by atomic mass is 9.54. The van der Waals surface area contributed by atoms with Gasteiger partial charge in [0.25, 0.3) is 0 Å². The molecule has 0 spiro atoms. The van der Waals surface area contributed by atoms with Crippen LogP contribution in [0.3, 0.4) is 0 Å². The predicted molar refractivity (Wildman–Crippen MR) is 114 cm³/mol. The van der Waals surface area contributed by atoms with E-state index in [1.807, 2.05) is 32.4 Å². The summed E-state index contributed by atoms with van der Waals surface area (Å²) in [5, 5.41) is 1.45. The molecule has 4 bridgehead atoms. The minimum absolute atomic E-state index is 0.0436. The molecule has 3 heterocycles. The predicted octanol–water partition coefficient (Wildman–Crippen LogP) is 4.88. The van der Waals surface area contributed by atoms with Crippen LogP contribution in [0.1, 0.15) is 57.4 Å². The lowest BCUT2D eigenvalue weighted by Gasteiger charge is -2.64. The van der Waals surface area contributed by atoms with Crippen molar-refractivity contribution in [3.8, 4) is 5.75 Å². The Bertz CT molecular complexity index is 968. The minimum Gasteiger partial charge on any atom is -0.495 e. The van der Waals surface area contributed by atoms with Gasteiger partial charge in [-0.25, -0.2) is 0 Å². The Kier molecular flexibility index (Phi) is 4.24. The number of carbonyl (C=O) groups is 1. The number of aromatic amines is 1. The maximum Gasteiger partial charge on any atom is 0.230 e. The largest absolute Gasteiger partial charge is 0.495 e. The Morgan fingerprint density at radius 3 is 2.55 bits per heavy atom. The number of hydrogen-bond donors (Lipinski definition) is 1. The number of piperidine rings is 2. The van der Waals surface area contributed by atoms with Crippen molar-refractivity contribution in [2.24, 2.45) is 5.41 Å². The van der Waals surface area contributed by atoms with E-state index in [0.29, 0.717) is 16.2 Å². The fraction of sp³-hybridized carbons (Fsp3) is 0.609. The smallest absolute Gasteiger partial charge is 0.230 e. The van der Waals surface area contributed by atoms with Crippen LogP contribution in [-0.4, -0.2) is 47.7 Å². The summed E-state index contributed by atoms with van der Waals surface area (Å²) >= 11 is 6.61. The molecule has 2 saturated carbocycles. The topological polar surface area (TPSA) is 54.6 Å². The number of rotatable bonds is 4. The van der Waals surface area contributed by atoms with Crippen LogP contribution in [0.25, 0.3) is 10.9 Å². The van der Waals surface area contributed by atoms with Crippen LogP contribution < -0.4 is 4.74 Å². The fourth-order valence-electron chi connectivity index (χ4n) is 6.71. The highest BCUT2D eigenvalue weighted by atomic mass is 35.5. The van der Waals surface area contributed by atoms with E-state index in [2.05, 4.69) is 16.8 Å². The number of methoxy groups -OCH3 is 2. The quantitative estimate of drug-likeness (QED) is 0.772. The van der Waals surface area contributed by atoms with Crippen molar-refractivity contribution in [3.63, 3.8) is 0 Å². The second kappa shape index (κ2) is 6.39. The van der Waals surface area contributed by atoms with Gasteiger partial charge in [-0.3, -0.25) is 4.79 Å². The van der Waals surface area contributed by atoms with Crippen LogP contribution in [0.4, 0.5) is 0 Å². The third kappa shape index (κ3) is 2.73. The maximum absolute atomic E-state index is 13.7. The highest BCUT2D eigenvalue weighted by molar-refractivity contribution is 6.37. The first-order chi connectivity index (χ1) is 13.8. The normalized spacial score (nSPS) is 34.0. The Hall–Kier alpha value is -1.72. The Morgan fingerprint density at radius 2 is 1.93 bits per heavy atom. The van der Waals surface area contributed by atoms with E-state index in [4.69, 9.17) is 21.1 Å². The second-order valence-electron chi connectivity index (χ2n) is 9.71. The van der Waals surface area contributed by atoms with Crippen LogP contribution in [-0.2, 0) is 9.53 Å². The van der Waals surface area contributed by atoms with E-state index >= 15 is 0 Å². The van der Waals surface area contributed by atoms with E-state index in [9.17, 15) is 4.79 Å². The standard InChI is InChI=1S/C23H29ClN2O3/c1-13(16-11-25-17-5-6-18(28-3)20(24)19(16)17)21(27)26-14-7-22(2)8-15(26)10-23(9-14,12-22)29-4/h5-6,11,13-15,25H,7-10,12H2,1-4H3. The summed E-state index contributed by atoms with van der Waals surface area (Å²) in [7, 11) is 3.45. The molecular formula is C23H29ClN2O3. The van der Waals surface area contributed by atoms with Crippen molar-refractivity contribution in [1.82, 2.24) is 9.88 Å². The number of ether oxygens (including phenoxy) is 2. The van der Waals surface area contributed by atoms with Crippen molar-refractivity contribution in [2.75, 3.05) is 14.2 Å². The second-order valence-corrected chi connectivity index (χ2v) is 10.1. The molecule has 4 fully saturated rings. The van der Waals surface area contributed by atoms with Gasteiger partial charge in [-0.1, -0.05) is 18.5 Å². The molecule has 1 amide bonds. The molecule has 2 saturated heterocycles. The van der Waals surface area contributed by atoms with E-state index < -0.39 is 0 Å². The number of aromatic nitrogens is 1. The monoisotopic (exact) mass is 416 g/mol. The van der Waals surface area contributed by atoms with E-state index in [0.717, 1.165) is 48.6 Å². The Balaban J connectivity index is 1.49. The highest BCUT2D eigenvalue weighted by Crippen LogP contribution is 2.59. The van der Waals surface area contributed by atoms with Gasteiger partial charge in [-0.05, 0) is 62.1 Å². The van der Waals surface area contributed by atoms with Crippen LogP contribution in [0, 0.1) is 5.41 Å². The first kappa shape index (κ1) is 19.3. The molecule has 156 valence electrons.